The molecule has 0 unspecified atom stereocenters. The van der Waals surface area contributed by atoms with Gasteiger partial charge in [-0.05, 0) is 18.2 Å². The molecule has 2 aliphatic heterocycles. The van der Waals surface area contributed by atoms with Crippen LogP contribution in [0.15, 0.2) is 48.9 Å². The Balaban J connectivity index is 1.33. The van der Waals surface area contributed by atoms with Crippen LogP contribution < -0.4 is 4.90 Å². The predicted octanol–water partition coefficient (Wildman–Crippen LogP) is 3.61. The van der Waals surface area contributed by atoms with Gasteiger partial charge in [-0.1, -0.05) is 12.1 Å². The Hall–Kier alpha value is -3.93. The van der Waals surface area contributed by atoms with Gasteiger partial charge in [-0.25, -0.2) is 9.97 Å². The molecule has 0 atom stereocenters. The zero-order valence-corrected chi connectivity index (χ0v) is 21.4. The second-order valence-corrected chi connectivity index (χ2v) is 10.4. The van der Waals surface area contributed by atoms with Gasteiger partial charge in [0.15, 0.2) is 11.6 Å². The number of anilines is 1. The Morgan fingerprint density at radius 2 is 1.76 bits per heavy atom. The van der Waals surface area contributed by atoms with Crippen molar-refractivity contribution in [2.75, 3.05) is 57.5 Å². The lowest BCUT2D eigenvalue weighted by atomic mass is 10.1. The number of carbonyl (C=O) groups is 1. The quantitative estimate of drug-likeness (QED) is 0.378. The van der Waals surface area contributed by atoms with E-state index in [0.717, 1.165) is 56.0 Å². The van der Waals surface area contributed by atoms with Gasteiger partial charge in [0.25, 0.3) is 5.91 Å². The number of amides is 1. The zero-order valence-electron chi connectivity index (χ0n) is 20.6. The summed E-state index contributed by atoms with van der Waals surface area (Å²) in [6.45, 7) is 5.16. The molecule has 0 saturated carbocycles. The van der Waals surface area contributed by atoms with E-state index in [4.69, 9.17) is 19.4 Å². The van der Waals surface area contributed by atoms with Crippen LogP contribution in [0.4, 0.5) is 5.82 Å². The first kappa shape index (κ1) is 23.2. The number of hydrogen-bond acceptors (Lipinski definition) is 9. The van der Waals surface area contributed by atoms with Gasteiger partial charge in [-0.15, -0.1) is 11.3 Å². The number of fused-ring (bicyclic) bond motifs is 2. The highest BCUT2D eigenvalue weighted by Crippen LogP contribution is 2.39. The van der Waals surface area contributed by atoms with E-state index in [-0.39, 0.29) is 5.91 Å². The van der Waals surface area contributed by atoms with Gasteiger partial charge in [0.1, 0.15) is 0 Å². The number of morpholine rings is 2. The number of nitrogens with zero attached hydrogens (tertiary/aromatic N) is 6. The summed E-state index contributed by atoms with van der Waals surface area (Å²) in [5.74, 6) is 1.54. The van der Waals surface area contributed by atoms with Gasteiger partial charge in [0.05, 0.1) is 53.9 Å². The Morgan fingerprint density at radius 3 is 2.61 bits per heavy atom. The van der Waals surface area contributed by atoms with Crippen LogP contribution in [0, 0.1) is 0 Å². The molecule has 7 rings (SSSR count). The molecule has 0 spiro atoms. The van der Waals surface area contributed by atoms with E-state index in [0.29, 0.717) is 50.9 Å². The Kier molecular flexibility index (Phi) is 5.95. The molecular weight excluding hydrogens is 502 g/mol. The van der Waals surface area contributed by atoms with Crippen molar-refractivity contribution in [1.82, 2.24) is 30.0 Å². The minimum atomic E-state index is -0.0203. The van der Waals surface area contributed by atoms with Crippen LogP contribution in [0.25, 0.3) is 42.9 Å². The molecule has 1 amide bonds. The lowest BCUT2D eigenvalue weighted by Crippen LogP contribution is -2.40. The Bertz CT molecular complexity index is 1640. The first-order valence-corrected chi connectivity index (χ1v) is 13.5. The molecule has 38 heavy (non-hydrogen) atoms. The van der Waals surface area contributed by atoms with Crippen LogP contribution in [-0.4, -0.2) is 88.6 Å². The number of pyridine rings is 1. The predicted molar refractivity (Wildman–Crippen MR) is 145 cm³/mol. The number of H-pyrrole nitrogens is 1. The van der Waals surface area contributed by atoms with E-state index in [2.05, 4.69) is 26.1 Å². The fourth-order valence-corrected chi connectivity index (χ4v) is 6.07. The molecule has 2 fully saturated rings. The number of nitrogens with one attached hydrogen (secondary N) is 1. The molecule has 10 nitrogen and oxygen atoms in total. The van der Waals surface area contributed by atoms with Gasteiger partial charge in [-0.2, -0.15) is 5.10 Å². The number of aromatic amines is 1. The third-order valence-corrected chi connectivity index (χ3v) is 8.13. The molecule has 6 heterocycles. The van der Waals surface area contributed by atoms with E-state index in [1.165, 1.54) is 0 Å². The fourth-order valence-electron chi connectivity index (χ4n) is 4.97. The second kappa shape index (κ2) is 9.75. The van der Waals surface area contributed by atoms with Crippen LogP contribution in [0.5, 0.6) is 0 Å². The fraction of sp³-hybridized carbons (Fsp3) is 0.296. The highest BCUT2D eigenvalue weighted by Gasteiger charge is 2.23. The number of thiophene rings is 1. The number of carbonyl (C=O) groups excluding carboxylic acids is 1. The number of hydrogen-bond donors (Lipinski definition) is 1. The lowest BCUT2D eigenvalue weighted by Gasteiger charge is -2.28. The van der Waals surface area contributed by atoms with Crippen LogP contribution >= 0.6 is 11.3 Å². The highest BCUT2D eigenvalue weighted by molar-refractivity contribution is 7.22. The molecule has 0 radical (unpaired) electrons. The van der Waals surface area contributed by atoms with Crippen LogP contribution in [0.2, 0.25) is 0 Å². The standard InChI is InChI=1S/C27H25N7O3S/c35-27(34-6-10-37-11-7-34)18-12-17(14-28-15-18)23-13-22-24(38-23)26(33-4-8-36-9-5-33)31-25(30-22)19-2-1-3-21-20(19)16-29-32-21/h1-3,12-16H,4-11H2,(H,29,32). The van der Waals surface area contributed by atoms with Crippen molar-refractivity contribution in [3.8, 4) is 21.8 Å². The molecule has 4 aromatic heterocycles. The van der Waals surface area contributed by atoms with Crippen molar-refractivity contribution in [1.29, 1.82) is 0 Å². The summed E-state index contributed by atoms with van der Waals surface area (Å²) in [7, 11) is 0. The SMILES string of the molecule is O=C(c1cncc(-c2cc3nc(-c4cccc5[nH]ncc45)nc(N4CCOCC4)c3s2)c1)N1CCOCC1. The normalized spacial score (nSPS) is 16.4. The zero-order chi connectivity index (χ0) is 25.5. The molecule has 192 valence electrons. The Morgan fingerprint density at radius 1 is 0.947 bits per heavy atom. The van der Waals surface area contributed by atoms with E-state index >= 15 is 0 Å². The van der Waals surface area contributed by atoms with Crippen LogP contribution in [0.3, 0.4) is 0 Å². The summed E-state index contributed by atoms with van der Waals surface area (Å²) in [6.07, 6.45) is 5.25. The summed E-state index contributed by atoms with van der Waals surface area (Å²) in [5, 5.41) is 8.23. The van der Waals surface area contributed by atoms with Gasteiger partial charge >= 0.3 is 0 Å². The van der Waals surface area contributed by atoms with Crippen molar-refractivity contribution in [2.24, 2.45) is 0 Å². The second-order valence-electron chi connectivity index (χ2n) is 9.30. The number of aromatic nitrogens is 5. The average molecular weight is 528 g/mol. The lowest BCUT2D eigenvalue weighted by molar-refractivity contribution is 0.0302. The molecular formula is C27H25N7O3S. The van der Waals surface area contributed by atoms with Crippen molar-refractivity contribution in [3.63, 3.8) is 0 Å². The minimum Gasteiger partial charge on any atom is -0.378 e. The molecule has 1 N–H and O–H groups in total. The summed E-state index contributed by atoms with van der Waals surface area (Å²) < 4.78 is 12.0. The van der Waals surface area contributed by atoms with Gasteiger partial charge in [-0.3, -0.25) is 14.9 Å². The highest BCUT2D eigenvalue weighted by atomic mass is 32.1. The first-order chi connectivity index (χ1) is 18.7. The van der Waals surface area contributed by atoms with Crippen molar-refractivity contribution < 1.29 is 14.3 Å². The summed E-state index contributed by atoms with van der Waals surface area (Å²) >= 11 is 1.62. The van der Waals surface area contributed by atoms with Crippen molar-refractivity contribution in [3.05, 3.63) is 54.5 Å². The summed E-state index contributed by atoms with van der Waals surface area (Å²) in [5.41, 5.74) is 4.20. The molecule has 5 aromatic rings. The topological polar surface area (TPSA) is 109 Å². The Labute approximate surface area is 222 Å². The van der Waals surface area contributed by atoms with Crippen LogP contribution in [-0.2, 0) is 9.47 Å². The number of benzene rings is 1. The smallest absolute Gasteiger partial charge is 0.255 e. The molecule has 2 aliphatic rings. The van der Waals surface area contributed by atoms with E-state index in [1.54, 1.807) is 23.7 Å². The molecule has 0 aliphatic carbocycles. The van der Waals surface area contributed by atoms with E-state index in [9.17, 15) is 4.79 Å². The maximum atomic E-state index is 13.1. The average Bonchev–Trinajstić information content (AvgIpc) is 3.65. The first-order valence-electron chi connectivity index (χ1n) is 12.6. The minimum absolute atomic E-state index is 0.0203. The maximum absolute atomic E-state index is 13.1. The molecule has 2 saturated heterocycles. The molecule has 0 bridgehead atoms. The summed E-state index contributed by atoms with van der Waals surface area (Å²) in [4.78, 5) is 32.7. The molecule has 1 aromatic carbocycles. The largest absolute Gasteiger partial charge is 0.378 e. The van der Waals surface area contributed by atoms with Crippen molar-refractivity contribution >= 4 is 44.2 Å². The third-order valence-electron chi connectivity index (χ3n) is 6.96. The monoisotopic (exact) mass is 527 g/mol. The van der Waals surface area contributed by atoms with Gasteiger partial charge < -0.3 is 19.3 Å². The maximum Gasteiger partial charge on any atom is 0.255 e. The molecule has 11 heteroatoms. The third kappa shape index (κ3) is 4.18. The summed E-state index contributed by atoms with van der Waals surface area (Å²) in [6, 6.07) is 10.0. The number of ether oxygens (including phenoxy) is 2. The van der Waals surface area contributed by atoms with E-state index < -0.39 is 0 Å². The van der Waals surface area contributed by atoms with Gasteiger partial charge in [0.2, 0.25) is 0 Å². The van der Waals surface area contributed by atoms with Crippen molar-refractivity contribution in [2.45, 2.75) is 0 Å². The van der Waals surface area contributed by atoms with Gasteiger partial charge in [0, 0.05) is 60.0 Å². The van der Waals surface area contributed by atoms with Crippen LogP contribution in [0.1, 0.15) is 10.4 Å². The van der Waals surface area contributed by atoms with E-state index in [1.807, 2.05) is 35.4 Å². The number of rotatable bonds is 4.